The van der Waals surface area contributed by atoms with Crippen LogP contribution in [0.15, 0.2) is 49.5 Å². The molecule has 0 fully saturated rings. The van der Waals surface area contributed by atoms with Gasteiger partial charge in [0.25, 0.3) is 5.56 Å². The van der Waals surface area contributed by atoms with Crippen LogP contribution >= 0.6 is 43.2 Å². The van der Waals surface area contributed by atoms with Gasteiger partial charge in [-0.05, 0) is 44.8 Å². The first-order valence-electron chi connectivity index (χ1n) is 6.18. The summed E-state index contributed by atoms with van der Waals surface area (Å²) >= 11 is 8.44. The highest BCUT2D eigenvalue weighted by molar-refractivity contribution is 9.13. The fraction of sp³-hybridized carbons (Fsp3) is 0.0667. The molecular weight excluding hydrogens is 416 g/mol. The lowest BCUT2D eigenvalue weighted by molar-refractivity contribution is 1.10. The molecule has 0 amide bonds. The van der Waals surface area contributed by atoms with Crippen LogP contribution < -0.4 is 5.56 Å². The molecule has 1 N–H and O–H groups in total. The van der Waals surface area contributed by atoms with Crippen molar-refractivity contribution in [2.45, 2.75) is 6.92 Å². The van der Waals surface area contributed by atoms with E-state index < -0.39 is 0 Å². The summed E-state index contributed by atoms with van der Waals surface area (Å²) < 4.78 is 1.92. The molecule has 6 heteroatoms. The van der Waals surface area contributed by atoms with E-state index in [2.05, 4.69) is 41.8 Å². The van der Waals surface area contributed by atoms with Gasteiger partial charge in [0.1, 0.15) is 0 Å². The molecule has 2 aromatic heterocycles. The fourth-order valence-corrected chi connectivity index (χ4v) is 3.97. The highest BCUT2D eigenvalue weighted by atomic mass is 79.9. The topological polar surface area (TPSA) is 45.8 Å². The average molecular weight is 426 g/mol. The summed E-state index contributed by atoms with van der Waals surface area (Å²) in [4.78, 5) is 20.6. The molecule has 2 heterocycles. The Balaban J connectivity index is 2.21. The molecule has 0 bridgehead atoms. The SMILES string of the molecule is Cc1c(-c2ccccc2)nc(-c2cc(Br)c(Br)s2)[nH]c1=O. The minimum atomic E-state index is -0.112. The van der Waals surface area contributed by atoms with Crippen molar-refractivity contribution in [3.8, 4) is 22.0 Å². The standard InChI is InChI=1S/C15H10Br2N2OS/c1-8-12(9-5-3-2-4-6-9)18-14(19-15(8)20)11-7-10(16)13(17)21-11/h2-7H,1H3,(H,18,19,20). The Bertz CT molecular complexity index is 836. The summed E-state index contributed by atoms with van der Waals surface area (Å²) in [7, 11) is 0. The Morgan fingerprint density at radius 2 is 1.90 bits per heavy atom. The molecule has 1 aromatic carbocycles. The third-order valence-corrected chi connectivity index (χ3v) is 6.34. The van der Waals surface area contributed by atoms with Gasteiger partial charge in [0.05, 0.1) is 14.4 Å². The highest BCUT2D eigenvalue weighted by Gasteiger charge is 2.13. The van der Waals surface area contributed by atoms with E-state index in [-0.39, 0.29) is 5.56 Å². The van der Waals surface area contributed by atoms with Crippen molar-refractivity contribution >= 4 is 43.2 Å². The quantitative estimate of drug-likeness (QED) is 0.627. The Hall–Kier alpha value is -1.24. The molecular formula is C15H10Br2N2OS. The van der Waals surface area contributed by atoms with Gasteiger partial charge in [0.2, 0.25) is 0 Å². The third kappa shape index (κ3) is 2.88. The van der Waals surface area contributed by atoms with E-state index in [1.807, 2.05) is 36.4 Å². The first-order valence-corrected chi connectivity index (χ1v) is 8.58. The Labute approximate surface area is 142 Å². The van der Waals surface area contributed by atoms with Crippen LogP contribution in [0.2, 0.25) is 0 Å². The summed E-state index contributed by atoms with van der Waals surface area (Å²) in [5, 5.41) is 0. The van der Waals surface area contributed by atoms with E-state index in [0.717, 1.165) is 24.4 Å². The van der Waals surface area contributed by atoms with Crippen molar-refractivity contribution in [1.82, 2.24) is 9.97 Å². The summed E-state index contributed by atoms with van der Waals surface area (Å²) in [6.45, 7) is 1.79. The van der Waals surface area contributed by atoms with E-state index in [4.69, 9.17) is 0 Å². The zero-order valence-electron chi connectivity index (χ0n) is 11.0. The fourth-order valence-electron chi connectivity index (χ4n) is 1.99. The van der Waals surface area contributed by atoms with Gasteiger partial charge in [0.15, 0.2) is 5.82 Å². The van der Waals surface area contributed by atoms with Crippen LogP contribution in [-0.4, -0.2) is 9.97 Å². The second kappa shape index (κ2) is 5.87. The number of H-pyrrole nitrogens is 1. The molecule has 0 radical (unpaired) electrons. The molecule has 0 saturated heterocycles. The molecule has 0 aliphatic rings. The molecule has 0 aliphatic carbocycles. The van der Waals surface area contributed by atoms with Gasteiger partial charge < -0.3 is 4.98 Å². The summed E-state index contributed by atoms with van der Waals surface area (Å²) in [6.07, 6.45) is 0. The van der Waals surface area contributed by atoms with Gasteiger partial charge in [-0.3, -0.25) is 4.79 Å². The van der Waals surface area contributed by atoms with Crippen LogP contribution in [0.4, 0.5) is 0 Å². The van der Waals surface area contributed by atoms with Crippen LogP contribution in [0.1, 0.15) is 5.56 Å². The molecule has 3 nitrogen and oxygen atoms in total. The average Bonchev–Trinajstić information content (AvgIpc) is 2.82. The number of halogens is 2. The molecule has 106 valence electrons. The maximum atomic E-state index is 12.2. The monoisotopic (exact) mass is 424 g/mol. The minimum absolute atomic E-state index is 0.112. The lowest BCUT2D eigenvalue weighted by Crippen LogP contribution is -2.13. The Morgan fingerprint density at radius 3 is 2.52 bits per heavy atom. The van der Waals surface area contributed by atoms with E-state index in [0.29, 0.717) is 11.4 Å². The highest BCUT2D eigenvalue weighted by Crippen LogP contribution is 2.37. The number of aromatic amines is 1. The number of nitrogens with zero attached hydrogens (tertiary/aromatic N) is 1. The molecule has 0 atom stereocenters. The van der Waals surface area contributed by atoms with Crippen molar-refractivity contribution in [2.75, 3.05) is 0 Å². The maximum absolute atomic E-state index is 12.2. The molecule has 21 heavy (non-hydrogen) atoms. The molecule has 0 saturated carbocycles. The molecule has 0 aliphatic heterocycles. The number of benzene rings is 1. The van der Waals surface area contributed by atoms with Crippen LogP contribution in [-0.2, 0) is 0 Å². The first kappa shape index (κ1) is 14.7. The minimum Gasteiger partial charge on any atom is -0.306 e. The summed E-state index contributed by atoms with van der Waals surface area (Å²) in [5.74, 6) is 0.584. The van der Waals surface area contributed by atoms with Crippen LogP contribution in [0.3, 0.4) is 0 Å². The van der Waals surface area contributed by atoms with Crippen molar-refractivity contribution in [3.05, 3.63) is 60.6 Å². The molecule has 0 spiro atoms. The number of nitrogens with one attached hydrogen (secondary N) is 1. The number of thiophene rings is 1. The van der Waals surface area contributed by atoms with Gasteiger partial charge in [-0.15, -0.1) is 11.3 Å². The summed E-state index contributed by atoms with van der Waals surface area (Å²) in [5.41, 5.74) is 2.17. The van der Waals surface area contributed by atoms with Crippen LogP contribution in [0.25, 0.3) is 22.0 Å². The van der Waals surface area contributed by atoms with E-state index >= 15 is 0 Å². The lowest BCUT2D eigenvalue weighted by atomic mass is 10.1. The number of aromatic nitrogens is 2. The molecule has 3 aromatic rings. The Kier molecular flexibility index (Phi) is 4.10. The van der Waals surface area contributed by atoms with Crippen LogP contribution in [0, 0.1) is 6.92 Å². The van der Waals surface area contributed by atoms with E-state index in [1.54, 1.807) is 6.92 Å². The number of hydrogen-bond donors (Lipinski definition) is 1. The number of hydrogen-bond acceptors (Lipinski definition) is 3. The largest absolute Gasteiger partial charge is 0.306 e. The van der Waals surface area contributed by atoms with Crippen molar-refractivity contribution in [2.24, 2.45) is 0 Å². The van der Waals surface area contributed by atoms with Gasteiger partial charge in [-0.25, -0.2) is 4.98 Å². The predicted molar refractivity (Wildman–Crippen MR) is 93.7 cm³/mol. The zero-order valence-corrected chi connectivity index (χ0v) is 15.0. The zero-order chi connectivity index (χ0) is 15.0. The van der Waals surface area contributed by atoms with Crippen LogP contribution in [0.5, 0.6) is 0 Å². The van der Waals surface area contributed by atoms with Gasteiger partial charge in [0, 0.05) is 15.6 Å². The predicted octanol–water partition coefficient (Wildman–Crippen LogP) is 5.00. The van der Waals surface area contributed by atoms with Crippen molar-refractivity contribution in [3.63, 3.8) is 0 Å². The second-order valence-electron chi connectivity index (χ2n) is 4.49. The molecule has 3 rings (SSSR count). The van der Waals surface area contributed by atoms with Crippen molar-refractivity contribution < 1.29 is 0 Å². The van der Waals surface area contributed by atoms with E-state index in [9.17, 15) is 4.79 Å². The maximum Gasteiger partial charge on any atom is 0.254 e. The Morgan fingerprint density at radius 1 is 1.19 bits per heavy atom. The normalized spacial score (nSPS) is 10.8. The van der Waals surface area contributed by atoms with Gasteiger partial charge >= 0.3 is 0 Å². The lowest BCUT2D eigenvalue weighted by Gasteiger charge is -2.06. The summed E-state index contributed by atoms with van der Waals surface area (Å²) in [6, 6.07) is 11.7. The van der Waals surface area contributed by atoms with Gasteiger partial charge in [-0.1, -0.05) is 30.3 Å². The molecule has 0 unspecified atom stereocenters. The van der Waals surface area contributed by atoms with Crippen molar-refractivity contribution in [1.29, 1.82) is 0 Å². The number of rotatable bonds is 2. The van der Waals surface area contributed by atoms with Gasteiger partial charge in [-0.2, -0.15) is 0 Å². The van der Waals surface area contributed by atoms with E-state index in [1.165, 1.54) is 11.3 Å². The smallest absolute Gasteiger partial charge is 0.254 e. The second-order valence-corrected chi connectivity index (χ2v) is 7.71. The third-order valence-electron chi connectivity index (χ3n) is 3.08. The first-order chi connectivity index (χ1) is 10.1.